The number of carboxylic acid groups (broad SMARTS) is 1. The van der Waals surface area contributed by atoms with Gasteiger partial charge in [0.25, 0.3) is 0 Å². The van der Waals surface area contributed by atoms with Crippen LogP contribution in [0.5, 0.6) is 0 Å². The van der Waals surface area contributed by atoms with E-state index in [0.29, 0.717) is 10.7 Å². The summed E-state index contributed by atoms with van der Waals surface area (Å²) in [6, 6.07) is 5.94. The van der Waals surface area contributed by atoms with Gasteiger partial charge in [-0.15, -0.1) is 11.3 Å². The van der Waals surface area contributed by atoms with Gasteiger partial charge in [-0.3, -0.25) is 9.69 Å². The summed E-state index contributed by atoms with van der Waals surface area (Å²) in [4.78, 5) is 28.3. The second-order valence-electron chi connectivity index (χ2n) is 4.04. The van der Waals surface area contributed by atoms with E-state index in [1.54, 1.807) is 29.8 Å². The van der Waals surface area contributed by atoms with Crippen LogP contribution in [0.1, 0.15) is 5.01 Å². The van der Waals surface area contributed by atoms with E-state index in [9.17, 15) is 9.59 Å². The summed E-state index contributed by atoms with van der Waals surface area (Å²) in [5, 5.41) is 14.6. The second kappa shape index (κ2) is 7.05. The Labute approximate surface area is 130 Å². The first kappa shape index (κ1) is 15.3. The molecule has 2 N–H and O–H groups in total. The van der Waals surface area contributed by atoms with Crippen LogP contribution in [0.2, 0.25) is 5.02 Å². The molecule has 2 aromatic rings. The first-order valence-corrected chi connectivity index (χ1v) is 7.23. The summed E-state index contributed by atoms with van der Waals surface area (Å²) < 4.78 is 0. The van der Waals surface area contributed by atoms with Crippen molar-refractivity contribution >= 4 is 40.6 Å². The van der Waals surface area contributed by atoms with E-state index >= 15 is 0 Å². The number of aromatic nitrogens is 1. The summed E-state index contributed by atoms with van der Waals surface area (Å²) in [5.41, 5.74) is 0.418. The minimum atomic E-state index is -1.11. The molecule has 0 aliphatic rings. The highest BCUT2D eigenvalue weighted by molar-refractivity contribution is 7.09. The van der Waals surface area contributed by atoms with Crippen molar-refractivity contribution in [2.75, 3.05) is 11.4 Å². The molecule has 0 bridgehead atoms. The number of hydrogen-bond donors (Lipinski definition) is 2. The molecule has 1 aromatic carbocycles. The first-order valence-electron chi connectivity index (χ1n) is 5.97. The highest BCUT2D eigenvalue weighted by Crippen LogP contribution is 2.19. The van der Waals surface area contributed by atoms with Crippen LogP contribution < -0.4 is 10.2 Å². The Hall–Kier alpha value is -2.12. The van der Waals surface area contributed by atoms with Crippen molar-refractivity contribution in [2.24, 2.45) is 0 Å². The quantitative estimate of drug-likeness (QED) is 0.885. The Kier molecular flexibility index (Phi) is 5.13. The molecule has 21 heavy (non-hydrogen) atoms. The monoisotopic (exact) mass is 325 g/mol. The van der Waals surface area contributed by atoms with Crippen molar-refractivity contribution in [1.82, 2.24) is 10.3 Å². The molecule has 0 saturated heterocycles. The molecule has 0 atom stereocenters. The second-order valence-corrected chi connectivity index (χ2v) is 5.46. The maximum Gasteiger partial charge on any atom is 0.323 e. The van der Waals surface area contributed by atoms with Gasteiger partial charge in [-0.05, 0) is 18.2 Å². The van der Waals surface area contributed by atoms with E-state index in [1.165, 1.54) is 17.4 Å². The molecule has 0 fully saturated rings. The largest absolute Gasteiger partial charge is 0.480 e. The molecule has 2 amide bonds. The van der Waals surface area contributed by atoms with E-state index < -0.39 is 18.5 Å². The number of anilines is 1. The fraction of sp³-hybridized carbons (Fsp3) is 0.154. The number of aliphatic carboxylic acids is 1. The lowest BCUT2D eigenvalue weighted by molar-refractivity contribution is -0.135. The van der Waals surface area contributed by atoms with E-state index in [4.69, 9.17) is 16.7 Å². The van der Waals surface area contributed by atoms with Gasteiger partial charge in [0.05, 0.1) is 6.54 Å². The Balaban J connectivity index is 2.11. The zero-order chi connectivity index (χ0) is 15.2. The summed E-state index contributed by atoms with van der Waals surface area (Å²) >= 11 is 7.28. The van der Waals surface area contributed by atoms with E-state index in [-0.39, 0.29) is 6.54 Å². The molecule has 6 nitrogen and oxygen atoms in total. The number of benzene rings is 1. The predicted molar refractivity (Wildman–Crippen MR) is 80.8 cm³/mol. The van der Waals surface area contributed by atoms with Crippen LogP contribution in [-0.2, 0) is 11.3 Å². The molecule has 1 heterocycles. The van der Waals surface area contributed by atoms with E-state index in [2.05, 4.69) is 10.3 Å². The van der Waals surface area contributed by atoms with Crippen molar-refractivity contribution in [1.29, 1.82) is 0 Å². The van der Waals surface area contributed by atoms with Gasteiger partial charge < -0.3 is 10.4 Å². The number of carbonyl (C=O) groups is 2. The van der Waals surface area contributed by atoms with Gasteiger partial charge in [-0.2, -0.15) is 0 Å². The number of hydrogen-bond acceptors (Lipinski definition) is 4. The van der Waals surface area contributed by atoms with Gasteiger partial charge in [0.1, 0.15) is 11.6 Å². The molecular formula is C13H12ClN3O3S. The molecule has 0 saturated carbocycles. The van der Waals surface area contributed by atoms with Crippen molar-refractivity contribution in [2.45, 2.75) is 6.54 Å². The summed E-state index contributed by atoms with van der Waals surface area (Å²) in [5.74, 6) is -1.11. The normalized spacial score (nSPS) is 10.1. The maximum absolute atomic E-state index is 12.2. The first-order chi connectivity index (χ1) is 10.1. The molecule has 0 aliphatic carbocycles. The molecule has 1 aromatic heterocycles. The van der Waals surface area contributed by atoms with Gasteiger partial charge in [-0.25, -0.2) is 9.78 Å². The third-order valence-electron chi connectivity index (χ3n) is 2.53. The molecule has 110 valence electrons. The molecule has 2 rings (SSSR count). The topological polar surface area (TPSA) is 82.5 Å². The lowest BCUT2D eigenvalue weighted by atomic mass is 10.3. The number of amides is 2. The number of nitrogens with one attached hydrogen (secondary N) is 1. The number of carboxylic acids is 1. The fourth-order valence-corrected chi connectivity index (χ4v) is 2.39. The Morgan fingerprint density at radius 2 is 2.24 bits per heavy atom. The average Bonchev–Trinajstić information content (AvgIpc) is 2.95. The fourth-order valence-electron chi connectivity index (χ4n) is 1.65. The molecule has 0 spiro atoms. The number of thiazole rings is 1. The van der Waals surface area contributed by atoms with Crippen LogP contribution >= 0.6 is 22.9 Å². The zero-order valence-electron chi connectivity index (χ0n) is 10.8. The lowest BCUT2D eigenvalue weighted by Crippen LogP contribution is -2.42. The van der Waals surface area contributed by atoms with Gasteiger partial charge >= 0.3 is 12.0 Å². The zero-order valence-corrected chi connectivity index (χ0v) is 12.4. The summed E-state index contributed by atoms with van der Waals surface area (Å²) in [6.45, 7) is -0.211. The molecule has 0 aliphatic heterocycles. The standard InChI is InChI=1S/C13H12ClN3O3S/c14-9-2-1-3-10(6-9)17(8-12(18)19)13(20)16-7-11-15-4-5-21-11/h1-6H,7-8H2,(H,16,20)(H,18,19). The van der Waals surface area contributed by atoms with Crippen LogP contribution in [-0.4, -0.2) is 28.6 Å². The van der Waals surface area contributed by atoms with Crippen molar-refractivity contribution in [3.05, 3.63) is 45.9 Å². The van der Waals surface area contributed by atoms with Gasteiger partial charge in [-0.1, -0.05) is 17.7 Å². The molecule has 0 radical (unpaired) electrons. The minimum absolute atomic E-state index is 0.243. The molecular weight excluding hydrogens is 314 g/mol. The Morgan fingerprint density at radius 3 is 2.86 bits per heavy atom. The van der Waals surface area contributed by atoms with Crippen LogP contribution in [0.15, 0.2) is 35.8 Å². The number of rotatable bonds is 5. The molecule has 0 unspecified atom stereocenters. The SMILES string of the molecule is O=C(O)CN(C(=O)NCc1nccs1)c1cccc(Cl)c1. The highest BCUT2D eigenvalue weighted by atomic mass is 35.5. The minimum Gasteiger partial charge on any atom is -0.480 e. The van der Waals surface area contributed by atoms with Crippen LogP contribution in [0.4, 0.5) is 10.5 Å². The number of urea groups is 1. The van der Waals surface area contributed by atoms with Crippen LogP contribution in [0.25, 0.3) is 0 Å². The van der Waals surface area contributed by atoms with Crippen LogP contribution in [0, 0.1) is 0 Å². The Bertz CT molecular complexity index is 633. The Morgan fingerprint density at radius 1 is 1.43 bits per heavy atom. The third kappa shape index (κ3) is 4.44. The van der Waals surface area contributed by atoms with Gasteiger partial charge in [0, 0.05) is 22.3 Å². The maximum atomic E-state index is 12.2. The number of carbonyl (C=O) groups excluding carboxylic acids is 1. The average molecular weight is 326 g/mol. The van der Waals surface area contributed by atoms with Crippen LogP contribution in [0.3, 0.4) is 0 Å². The summed E-state index contributed by atoms with van der Waals surface area (Å²) in [7, 11) is 0. The molecule has 8 heteroatoms. The van der Waals surface area contributed by atoms with Crippen molar-refractivity contribution in [3.8, 4) is 0 Å². The lowest BCUT2D eigenvalue weighted by Gasteiger charge is -2.21. The summed E-state index contributed by atoms with van der Waals surface area (Å²) in [6.07, 6.45) is 1.64. The third-order valence-corrected chi connectivity index (χ3v) is 3.55. The number of halogens is 1. The van der Waals surface area contributed by atoms with Crippen molar-refractivity contribution < 1.29 is 14.7 Å². The smallest absolute Gasteiger partial charge is 0.323 e. The van der Waals surface area contributed by atoms with E-state index in [0.717, 1.165) is 9.91 Å². The highest BCUT2D eigenvalue weighted by Gasteiger charge is 2.19. The van der Waals surface area contributed by atoms with Gasteiger partial charge in [0.2, 0.25) is 0 Å². The van der Waals surface area contributed by atoms with E-state index in [1.807, 2.05) is 0 Å². The van der Waals surface area contributed by atoms with Crippen molar-refractivity contribution in [3.63, 3.8) is 0 Å². The predicted octanol–water partition coefficient (Wildman–Crippen LogP) is 2.60. The van der Waals surface area contributed by atoms with Gasteiger partial charge in [0.15, 0.2) is 0 Å². The number of nitrogens with zero attached hydrogens (tertiary/aromatic N) is 2.